The first-order valence-electron chi connectivity index (χ1n) is 9.61. The maximum absolute atomic E-state index is 12.1. The number of hydrogen-bond acceptors (Lipinski definition) is 5. The lowest BCUT2D eigenvalue weighted by molar-refractivity contribution is 0.0597. The van der Waals surface area contributed by atoms with E-state index >= 15 is 0 Å². The van der Waals surface area contributed by atoms with Gasteiger partial charge in [0.15, 0.2) is 5.96 Å². The van der Waals surface area contributed by atoms with Gasteiger partial charge >= 0.3 is 5.97 Å². The fourth-order valence-corrected chi connectivity index (χ4v) is 4.80. The number of guanidine groups is 1. The van der Waals surface area contributed by atoms with Crippen LogP contribution in [0.5, 0.6) is 5.75 Å². The van der Waals surface area contributed by atoms with E-state index in [1.165, 1.54) is 14.2 Å². The molecule has 2 rings (SSSR count). The van der Waals surface area contributed by atoms with E-state index in [4.69, 9.17) is 9.47 Å². The first kappa shape index (κ1) is 25.7. The van der Waals surface area contributed by atoms with E-state index in [-0.39, 0.29) is 35.3 Å². The van der Waals surface area contributed by atoms with Crippen molar-refractivity contribution in [3.63, 3.8) is 0 Å². The van der Waals surface area contributed by atoms with Crippen molar-refractivity contribution in [1.82, 2.24) is 10.6 Å². The SMILES string of the molecule is CCS(=O)C1CCCC(NC(=NC)NCc2ccc(C(=O)OC)c(OC)c2)C1.I. The fourth-order valence-electron chi connectivity index (χ4n) is 3.45. The summed E-state index contributed by atoms with van der Waals surface area (Å²) < 4.78 is 22.2. The number of nitrogens with one attached hydrogen (secondary N) is 2. The second kappa shape index (κ2) is 13.0. The molecule has 29 heavy (non-hydrogen) atoms. The van der Waals surface area contributed by atoms with Crippen LogP contribution in [0.1, 0.15) is 48.5 Å². The molecule has 0 saturated heterocycles. The van der Waals surface area contributed by atoms with Crippen molar-refractivity contribution < 1.29 is 18.5 Å². The Labute approximate surface area is 192 Å². The molecule has 164 valence electrons. The topological polar surface area (TPSA) is 89.0 Å². The normalized spacial score (nSPS) is 20.2. The maximum Gasteiger partial charge on any atom is 0.341 e. The standard InChI is InChI=1S/C20H31N3O4S.HI/c1-5-28(25)16-8-6-7-15(12-16)23-20(21-2)22-13-14-9-10-17(19(24)27-4)18(11-14)26-3;/h9-11,15-16H,5-8,12-13H2,1-4H3,(H2,21,22,23);1H. The molecule has 1 saturated carbocycles. The second-order valence-corrected chi connectivity index (χ2v) is 8.76. The average molecular weight is 537 g/mol. The smallest absolute Gasteiger partial charge is 0.341 e. The van der Waals surface area contributed by atoms with Gasteiger partial charge in [-0.15, -0.1) is 24.0 Å². The van der Waals surface area contributed by atoms with Gasteiger partial charge in [-0.1, -0.05) is 19.4 Å². The summed E-state index contributed by atoms with van der Waals surface area (Å²) in [5, 5.41) is 7.02. The van der Waals surface area contributed by atoms with Gasteiger partial charge in [-0.2, -0.15) is 0 Å². The van der Waals surface area contributed by atoms with Crippen molar-refractivity contribution in [2.24, 2.45) is 4.99 Å². The van der Waals surface area contributed by atoms with Crippen molar-refractivity contribution in [1.29, 1.82) is 0 Å². The van der Waals surface area contributed by atoms with Gasteiger partial charge in [0.25, 0.3) is 0 Å². The van der Waals surface area contributed by atoms with E-state index < -0.39 is 16.8 Å². The van der Waals surface area contributed by atoms with Gasteiger partial charge in [0.2, 0.25) is 0 Å². The van der Waals surface area contributed by atoms with E-state index in [1.807, 2.05) is 19.1 Å². The number of halogens is 1. The molecule has 0 aromatic heterocycles. The molecule has 1 aromatic rings. The Balaban J connectivity index is 0.00000420. The summed E-state index contributed by atoms with van der Waals surface area (Å²) in [6.45, 7) is 2.52. The zero-order chi connectivity index (χ0) is 20.5. The zero-order valence-electron chi connectivity index (χ0n) is 17.5. The highest BCUT2D eigenvalue weighted by Crippen LogP contribution is 2.23. The van der Waals surface area contributed by atoms with E-state index in [2.05, 4.69) is 15.6 Å². The van der Waals surface area contributed by atoms with Crippen LogP contribution in [-0.2, 0) is 22.1 Å². The van der Waals surface area contributed by atoms with Crippen LogP contribution in [-0.4, -0.2) is 54.4 Å². The molecule has 0 radical (unpaired) electrons. The first-order valence-corrected chi connectivity index (χ1v) is 11.0. The first-order chi connectivity index (χ1) is 13.5. The molecule has 0 bridgehead atoms. The van der Waals surface area contributed by atoms with Gasteiger partial charge in [-0.25, -0.2) is 4.79 Å². The molecule has 0 heterocycles. The number of benzene rings is 1. The molecule has 0 spiro atoms. The highest BCUT2D eigenvalue weighted by Gasteiger charge is 2.26. The molecule has 9 heteroatoms. The summed E-state index contributed by atoms with van der Waals surface area (Å²) in [7, 11) is 3.86. The lowest BCUT2D eigenvalue weighted by atomic mass is 9.95. The Kier molecular flexibility index (Phi) is 11.6. The molecule has 2 N–H and O–H groups in total. The molecule has 1 aliphatic carbocycles. The fraction of sp³-hybridized carbons (Fsp3) is 0.600. The van der Waals surface area contributed by atoms with Crippen LogP contribution < -0.4 is 15.4 Å². The van der Waals surface area contributed by atoms with Crippen molar-refractivity contribution in [2.45, 2.75) is 50.4 Å². The molecule has 1 aromatic carbocycles. The molecule has 1 fully saturated rings. The van der Waals surface area contributed by atoms with Gasteiger partial charge in [0.05, 0.1) is 14.2 Å². The number of carbonyl (C=O) groups is 1. The predicted octanol–water partition coefficient (Wildman–Crippen LogP) is 2.84. The van der Waals surface area contributed by atoms with Gasteiger partial charge in [0.1, 0.15) is 11.3 Å². The number of methoxy groups -OCH3 is 2. The Morgan fingerprint density at radius 1 is 1.31 bits per heavy atom. The third-order valence-corrected chi connectivity index (χ3v) is 6.72. The monoisotopic (exact) mass is 537 g/mol. The van der Waals surface area contributed by atoms with Crippen molar-refractivity contribution in [3.8, 4) is 5.75 Å². The summed E-state index contributed by atoms with van der Waals surface area (Å²) in [6, 6.07) is 5.64. The molecule has 0 amide bonds. The summed E-state index contributed by atoms with van der Waals surface area (Å²) in [6.07, 6.45) is 4.08. The quantitative estimate of drug-likeness (QED) is 0.241. The van der Waals surface area contributed by atoms with E-state index in [0.717, 1.165) is 31.2 Å². The highest BCUT2D eigenvalue weighted by atomic mass is 127. The lowest BCUT2D eigenvalue weighted by Gasteiger charge is -2.30. The molecule has 7 nitrogen and oxygen atoms in total. The molecule has 3 unspecified atom stereocenters. The summed E-state index contributed by atoms with van der Waals surface area (Å²) in [5.74, 6) is 1.48. The minimum absolute atomic E-state index is 0. The summed E-state index contributed by atoms with van der Waals surface area (Å²) >= 11 is 0. The van der Waals surface area contributed by atoms with Crippen LogP contribution in [0.2, 0.25) is 0 Å². The maximum atomic E-state index is 12.1. The van der Waals surface area contributed by atoms with E-state index in [1.54, 1.807) is 13.1 Å². The number of rotatable bonds is 7. The third kappa shape index (κ3) is 7.44. The highest BCUT2D eigenvalue weighted by molar-refractivity contribution is 14.0. The summed E-state index contributed by atoms with van der Waals surface area (Å²) in [4.78, 5) is 16.1. The predicted molar refractivity (Wildman–Crippen MR) is 128 cm³/mol. The van der Waals surface area contributed by atoms with Crippen molar-refractivity contribution in [2.75, 3.05) is 27.0 Å². The van der Waals surface area contributed by atoms with Gasteiger partial charge in [0, 0.05) is 41.4 Å². The molecule has 3 atom stereocenters. The molecular formula is C20H32IN3O4S. The number of nitrogens with zero attached hydrogens (tertiary/aromatic N) is 1. The number of ether oxygens (including phenoxy) is 2. The Morgan fingerprint density at radius 2 is 2.07 bits per heavy atom. The minimum Gasteiger partial charge on any atom is -0.496 e. The summed E-state index contributed by atoms with van der Waals surface area (Å²) in [5.41, 5.74) is 1.36. The van der Waals surface area contributed by atoms with Gasteiger partial charge in [-0.05, 0) is 37.0 Å². The Morgan fingerprint density at radius 3 is 2.69 bits per heavy atom. The van der Waals surface area contributed by atoms with Crippen molar-refractivity contribution in [3.05, 3.63) is 29.3 Å². The minimum atomic E-state index is -0.747. The van der Waals surface area contributed by atoms with E-state index in [9.17, 15) is 9.00 Å². The molecular weight excluding hydrogens is 505 g/mol. The van der Waals surface area contributed by atoms with Crippen molar-refractivity contribution >= 4 is 46.7 Å². The molecule has 1 aliphatic rings. The van der Waals surface area contributed by atoms with Crippen LogP contribution in [0.15, 0.2) is 23.2 Å². The zero-order valence-corrected chi connectivity index (χ0v) is 20.7. The second-order valence-electron chi connectivity index (χ2n) is 6.75. The molecule has 0 aliphatic heterocycles. The lowest BCUT2D eigenvalue weighted by Crippen LogP contribution is -2.46. The van der Waals surface area contributed by atoms with Crippen LogP contribution in [0.25, 0.3) is 0 Å². The average Bonchev–Trinajstić information content (AvgIpc) is 2.75. The van der Waals surface area contributed by atoms with Gasteiger partial charge in [-0.3, -0.25) is 9.20 Å². The largest absolute Gasteiger partial charge is 0.496 e. The Bertz CT molecular complexity index is 730. The van der Waals surface area contributed by atoms with Gasteiger partial charge < -0.3 is 20.1 Å². The number of carbonyl (C=O) groups excluding carboxylic acids is 1. The van der Waals surface area contributed by atoms with Crippen LogP contribution >= 0.6 is 24.0 Å². The van der Waals surface area contributed by atoms with Crippen LogP contribution in [0.4, 0.5) is 0 Å². The third-order valence-electron chi connectivity index (χ3n) is 4.98. The number of aliphatic imine (C=N–C) groups is 1. The van der Waals surface area contributed by atoms with Crippen LogP contribution in [0, 0.1) is 0 Å². The van der Waals surface area contributed by atoms with Crippen LogP contribution in [0.3, 0.4) is 0 Å². The van der Waals surface area contributed by atoms with E-state index in [0.29, 0.717) is 29.6 Å². The number of hydrogen-bond donors (Lipinski definition) is 2. The number of esters is 1. The Hall–Kier alpha value is -1.36.